The number of esters is 1. The summed E-state index contributed by atoms with van der Waals surface area (Å²) in [6.45, 7) is 11.5. The quantitative estimate of drug-likeness (QED) is 0.201. The van der Waals surface area contributed by atoms with Crippen LogP contribution in [-0.4, -0.2) is 42.5 Å². The van der Waals surface area contributed by atoms with Crippen LogP contribution in [0.4, 0.5) is 0 Å². The lowest BCUT2D eigenvalue weighted by Gasteiger charge is -2.63. The van der Waals surface area contributed by atoms with Crippen molar-refractivity contribution in [2.24, 2.45) is 29.1 Å². The fraction of sp³-hybridized carbons (Fsp3) is 0.524. The summed E-state index contributed by atoms with van der Waals surface area (Å²) in [6, 6.07) is 26.5. The largest absolute Gasteiger partial charge is 0.465 e. The molecular formula is C42H51NO5. The fourth-order valence-corrected chi connectivity index (χ4v) is 9.30. The van der Waals surface area contributed by atoms with Gasteiger partial charge in [0.05, 0.1) is 24.2 Å². The van der Waals surface area contributed by atoms with Gasteiger partial charge in [0.1, 0.15) is 6.61 Å². The molecule has 3 saturated carbocycles. The van der Waals surface area contributed by atoms with Crippen molar-refractivity contribution in [2.45, 2.75) is 103 Å². The van der Waals surface area contributed by atoms with Crippen LogP contribution in [0.2, 0.25) is 0 Å². The molecular weight excluding hydrogens is 598 g/mol. The molecule has 3 aromatic carbocycles. The Hall–Kier alpha value is -3.48. The molecule has 4 fully saturated rings. The number of fused-ring (bicyclic) bond motifs is 3. The van der Waals surface area contributed by atoms with Crippen LogP contribution in [0.25, 0.3) is 11.1 Å². The highest BCUT2D eigenvalue weighted by molar-refractivity contribution is 5.84. The third kappa shape index (κ3) is 6.11. The van der Waals surface area contributed by atoms with Crippen molar-refractivity contribution in [1.82, 2.24) is 5.32 Å². The molecule has 1 amide bonds. The van der Waals surface area contributed by atoms with E-state index in [-0.39, 0.29) is 54.0 Å². The minimum atomic E-state index is -0.540. The van der Waals surface area contributed by atoms with Gasteiger partial charge in [-0.15, -0.1) is 0 Å². The van der Waals surface area contributed by atoms with Crippen molar-refractivity contribution in [3.05, 3.63) is 95.6 Å². The summed E-state index contributed by atoms with van der Waals surface area (Å²) in [4.78, 5) is 27.7. The van der Waals surface area contributed by atoms with Gasteiger partial charge in [-0.05, 0) is 90.0 Å². The summed E-state index contributed by atoms with van der Waals surface area (Å²) < 4.78 is 19.4. The number of hydrogen-bond donors (Lipinski definition) is 1. The van der Waals surface area contributed by atoms with Gasteiger partial charge in [-0.1, -0.05) is 107 Å². The van der Waals surface area contributed by atoms with Crippen LogP contribution < -0.4 is 5.32 Å². The van der Waals surface area contributed by atoms with Crippen molar-refractivity contribution in [3.63, 3.8) is 0 Å². The van der Waals surface area contributed by atoms with Crippen LogP contribution in [0.5, 0.6) is 0 Å². The van der Waals surface area contributed by atoms with Crippen LogP contribution in [0.1, 0.15) is 89.3 Å². The Morgan fingerprint density at radius 3 is 2.19 bits per heavy atom. The van der Waals surface area contributed by atoms with Crippen LogP contribution >= 0.6 is 0 Å². The Morgan fingerprint density at radius 2 is 1.54 bits per heavy atom. The molecule has 8 rings (SSSR count). The number of nitrogens with one attached hydrogen (secondary N) is 1. The van der Waals surface area contributed by atoms with E-state index in [9.17, 15) is 9.59 Å². The van der Waals surface area contributed by atoms with Crippen molar-refractivity contribution in [3.8, 4) is 11.1 Å². The van der Waals surface area contributed by atoms with Gasteiger partial charge < -0.3 is 19.5 Å². The topological polar surface area (TPSA) is 73.9 Å². The molecule has 48 heavy (non-hydrogen) atoms. The number of amides is 1. The molecule has 1 heterocycles. The fourth-order valence-electron chi connectivity index (χ4n) is 9.30. The van der Waals surface area contributed by atoms with E-state index >= 15 is 0 Å². The van der Waals surface area contributed by atoms with E-state index in [0.29, 0.717) is 30.6 Å². The standard InChI is InChI=1S/C42H51NO5/c1-26(2)21-35(40-47-37-24-29-23-36(41(29,3)4)42(37,5)48-40)43-39(45)28(20-19-27-13-7-6-8-14-27)22-38(44)46-25-34-32-17-11-9-15-30(32)31-16-10-12-18-33(31)34/h6-18,26,28-29,34-37,40H,19-25H2,1-5H3,(H,43,45)/t28-,29+,35+,36+,37-,40?,42+/m1/s1. The lowest BCUT2D eigenvalue weighted by Crippen LogP contribution is -2.65. The van der Waals surface area contributed by atoms with E-state index < -0.39 is 12.2 Å². The van der Waals surface area contributed by atoms with Crippen molar-refractivity contribution < 1.29 is 23.8 Å². The van der Waals surface area contributed by atoms with E-state index in [0.717, 1.165) is 18.4 Å². The van der Waals surface area contributed by atoms with Crippen LogP contribution in [0.3, 0.4) is 0 Å². The Kier molecular flexibility index (Phi) is 9.01. The highest BCUT2D eigenvalue weighted by Gasteiger charge is 2.68. The first-order chi connectivity index (χ1) is 23.0. The predicted octanol–water partition coefficient (Wildman–Crippen LogP) is 8.08. The lowest BCUT2D eigenvalue weighted by molar-refractivity contribution is -0.211. The molecule has 1 aliphatic heterocycles. The summed E-state index contributed by atoms with van der Waals surface area (Å²) in [5.74, 6) is 0.378. The monoisotopic (exact) mass is 649 g/mol. The molecule has 0 spiro atoms. The van der Waals surface area contributed by atoms with E-state index in [2.05, 4.69) is 76.3 Å². The summed E-state index contributed by atoms with van der Waals surface area (Å²) in [7, 11) is 0. The summed E-state index contributed by atoms with van der Waals surface area (Å²) in [5.41, 5.74) is 5.76. The molecule has 0 radical (unpaired) electrons. The van der Waals surface area contributed by atoms with E-state index in [1.807, 2.05) is 42.5 Å². The lowest BCUT2D eigenvalue weighted by atomic mass is 9.43. The maximum atomic E-state index is 14.2. The molecule has 0 aromatic heterocycles. The number of ether oxygens (including phenoxy) is 3. The maximum Gasteiger partial charge on any atom is 0.306 e. The third-order valence-electron chi connectivity index (χ3n) is 12.1. The van der Waals surface area contributed by atoms with Gasteiger partial charge in [0, 0.05) is 11.8 Å². The van der Waals surface area contributed by atoms with E-state index in [4.69, 9.17) is 14.2 Å². The van der Waals surface area contributed by atoms with Crippen molar-refractivity contribution in [1.29, 1.82) is 0 Å². The van der Waals surface area contributed by atoms with Gasteiger partial charge in [-0.25, -0.2) is 0 Å². The molecule has 2 bridgehead atoms. The Bertz CT molecular complexity index is 1590. The Morgan fingerprint density at radius 1 is 0.896 bits per heavy atom. The SMILES string of the molecule is CC(C)C[C@H](NC(=O)[C@H](CCc1ccccc1)CC(=O)OCC1c2ccccc2-c2ccccc21)C1O[C@@H]2C[C@@H]3C[C@@H](C3(C)C)[C@]2(C)O1. The summed E-state index contributed by atoms with van der Waals surface area (Å²) in [5, 5.41) is 3.33. The molecule has 7 atom stereocenters. The summed E-state index contributed by atoms with van der Waals surface area (Å²) in [6.07, 6.45) is 3.70. The maximum absolute atomic E-state index is 14.2. The third-order valence-corrected chi connectivity index (χ3v) is 12.1. The van der Waals surface area contributed by atoms with Gasteiger partial charge in [-0.2, -0.15) is 0 Å². The number of aryl methyl sites for hydroxylation is 1. The highest BCUT2D eigenvalue weighted by atomic mass is 16.7. The van der Waals surface area contributed by atoms with Crippen LogP contribution in [-0.2, 0) is 30.2 Å². The number of benzene rings is 3. The first kappa shape index (κ1) is 33.0. The number of carbonyl (C=O) groups is 2. The van der Waals surface area contributed by atoms with Crippen molar-refractivity contribution >= 4 is 11.9 Å². The first-order valence-corrected chi connectivity index (χ1v) is 18.1. The second-order valence-electron chi connectivity index (χ2n) is 15.9. The minimum Gasteiger partial charge on any atom is -0.465 e. The van der Waals surface area contributed by atoms with E-state index in [1.165, 1.54) is 28.7 Å². The first-order valence-electron chi connectivity index (χ1n) is 18.1. The molecule has 5 aliphatic rings. The summed E-state index contributed by atoms with van der Waals surface area (Å²) >= 11 is 0. The highest BCUT2D eigenvalue weighted by Crippen LogP contribution is 2.66. The Balaban J connectivity index is 1.05. The average Bonchev–Trinajstić information content (AvgIpc) is 3.60. The molecule has 6 heteroatoms. The second-order valence-corrected chi connectivity index (χ2v) is 15.9. The number of carbonyl (C=O) groups excluding carboxylic acids is 2. The Labute approximate surface area is 285 Å². The zero-order valence-electron chi connectivity index (χ0n) is 29.1. The minimum absolute atomic E-state index is 0.0216. The van der Waals surface area contributed by atoms with Gasteiger partial charge >= 0.3 is 5.97 Å². The molecule has 4 aliphatic carbocycles. The molecule has 1 unspecified atom stereocenters. The van der Waals surface area contributed by atoms with Gasteiger partial charge in [-0.3, -0.25) is 9.59 Å². The molecule has 254 valence electrons. The molecule has 1 N–H and O–H groups in total. The molecule has 1 saturated heterocycles. The van der Waals surface area contributed by atoms with Crippen LogP contribution in [0.15, 0.2) is 78.9 Å². The number of hydrogen-bond acceptors (Lipinski definition) is 5. The number of rotatable bonds is 12. The van der Waals surface area contributed by atoms with Gasteiger partial charge in [0.25, 0.3) is 0 Å². The predicted molar refractivity (Wildman–Crippen MR) is 187 cm³/mol. The van der Waals surface area contributed by atoms with Crippen molar-refractivity contribution in [2.75, 3.05) is 6.61 Å². The average molecular weight is 650 g/mol. The zero-order chi connectivity index (χ0) is 33.6. The molecule has 3 aromatic rings. The smallest absolute Gasteiger partial charge is 0.306 e. The van der Waals surface area contributed by atoms with Gasteiger partial charge in [0.2, 0.25) is 5.91 Å². The zero-order valence-corrected chi connectivity index (χ0v) is 29.1. The molecule has 6 nitrogen and oxygen atoms in total. The van der Waals surface area contributed by atoms with Crippen LogP contribution in [0, 0.1) is 29.1 Å². The normalized spacial score (nSPS) is 27.7. The van der Waals surface area contributed by atoms with E-state index in [1.54, 1.807) is 0 Å². The second kappa shape index (κ2) is 13.1. The van der Waals surface area contributed by atoms with Gasteiger partial charge in [0.15, 0.2) is 6.29 Å².